The summed E-state index contributed by atoms with van der Waals surface area (Å²) < 4.78 is 5.72. The van der Waals surface area contributed by atoms with Crippen molar-refractivity contribution >= 4 is 35.8 Å². The Labute approximate surface area is 211 Å². The lowest BCUT2D eigenvalue weighted by Gasteiger charge is -2.32. The number of hydrogen-bond acceptors (Lipinski definition) is 4. The Bertz CT molecular complexity index is 678. The van der Waals surface area contributed by atoms with Gasteiger partial charge in [0, 0.05) is 38.8 Å². The van der Waals surface area contributed by atoms with Gasteiger partial charge in [-0.2, -0.15) is 0 Å². The zero-order valence-corrected chi connectivity index (χ0v) is 22.3. The number of nitrogens with zero attached hydrogens (tertiary/aromatic N) is 2. The van der Waals surface area contributed by atoms with Crippen molar-refractivity contribution in [2.24, 2.45) is 4.99 Å². The number of ether oxygens (including phenoxy) is 1. The lowest BCUT2D eigenvalue weighted by molar-refractivity contribution is -0.122. The number of nitrogens with one attached hydrogen (secondary N) is 3. The molecule has 3 N–H and O–H groups in total. The number of benzene rings is 1. The fourth-order valence-electron chi connectivity index (χ4n) is 3.58. The van der Waals surface area contributed by atoms with Gasteiger partial charge in [-0.15, -0.1) is 24.0 Å². The zero-order chi connectivity index (χ0) is 22.3. The smallest absolute Gasteiger partial charge is 0.234 e. The number of carbonyl (C=O) groups excluding carboxylic acids is 1. The first-order valence-electron chi connectivity index (χ1n) is 11.9. The molecule has 0 radical (unpaired) electrons. The van der Waals surface area contributed by atoms with E-state index in [1.807, 2.05) is 12.1 Å². The van der Waals surface area contributed by atoms with E-state index >= 15 is 0 Å². The van der Waals surface area contributed by atoms with E-state index in [9.17, 15) is 4.79 Å². The highest BCUT2D eigenvalue weighted by Gasteiger charge is 2.21. The summed E-state index contributed by atoms with van der Waals surface area (Å²) in [6.07, 6.45) is 4.90. The third kappa shape index (κ3) is 11.4. The van der Waals surface area contributed by atoms with Crippen LogP contribution in [-0.2, 0) is 11.2 Å². The van der Waals surface area contributed by atoms with Gasteiger partial charge >= 0.3 is 0 Å². The predicted molar refractivity (Wildman–Crippen MR) is 143 cm³/mol. The van der Waals surface area contributed by atoms with Gasteiger partial charge in [0.15, 0.2) is 5.96 Å². The summed E-state index contributed by atoms with van der Waals surface area (Å²) in [7, 11) is 0. The molecule has 1 fully saturated rings. The van der Waals surface area contributed by atoms with Crippen molar-refractivity contribution in [3.05, 3.63) is 29.8 Å². The second-order valence-corrected chi connectivity index (χ2v) is 8.05. The number of likely N-dealkylation sites (tertiary alicyclic amines) is 1. The van der Waals surface area contributed by atoms with Crippen LogP contribution >= 0.6 is 24.0 Å². The van der Waals surface area contributed by atoms with E-state index < -0.39 is 0 Å². The van der Waals surface area contributed by atoms with E-state index in [4.69, 9.17) is 9.73 Å². The van der Waals surface area contributed by atoms with Crippen LogP contribution in [-0.4, -0.2) is 68.7 Å². The van der Waals surface area contributed by atoms with Gasteiger partial charge < -0.3 is 20.7 Å². The quantitative estimate of drug-likeness (QED) is 0.208. The second kappa shape index (κ2) is 17.0. The van der Waals surface area contributed by atoms with Crippen LogP contribution < -0.4 is 20.7 Å². The lowest BCUT2D eigenvalue weighted by atomic mass is 10.1. The predicted octanol–water partition coefficient (Wildman–Crippen LogP) is 3.18. The molecule has 0 spiro atoms. The van der Waals surface area contributed by atoms with Gasteiger partial charge in [-0.1, -0.05) is 26.0 Å². The van der Waals surface area contributed by atoms with Gasteiger partial charge in [0.1, 0.15) is 5.75 Å². The van der Waals surface area contributed by atoms with Crippen molar-refractivity contribution in [2.45, 2.75) is 58.9 Å². The monoisotopic (exact) mass is 559 g/mol. The minimum atomic E-state index is 0. The molecule has 1 heterocycles. The summed E-state index contributed by atoms with van der Waals surface area (Å²) in [5, 5.41) is 9.89. The summed E-state index contributed by atoms with van der Waals surface area (Å²) in [5.41, 5.74) is 1.24. The number of rotatable bonds is 12. The minimum absolute atomic E-state index is 0. The number of aliphatic imine (C=N–C) groups is 1. The third-order valence-corrected chi connectivity index (χ3v) is 5.25. The molecule has 0 aromatic heterocycles. The molecule has 8 heteroatoms. The van der Waals surface area contributed by atoms with E-state index in [0.717, 1.165) is 83.1 Å². The molecule has 1 aromatic rings. The fourth-order valence-corrected chi connectivity index (χ4v) is 3.58. The van der Waals surface area contributed by atoms with Crippen LogP contribution in [0.2, 0.25) is 0 Å². The van der Waals surface area contributed by atoms with Crippen molar-refractivity contribution in [3.8, 4) is 5.75 Å². The van der Waals surface area contributed by atoms with Crippen molar-refractivity contribution in [1.29, 1.82) is 0 Å². The van der Waals surface area contributed by atoms with Crippen LogP contribution in [0.3, 0.4) is 0 Å². The van der Waals surface area contributed by atoms with Crippen LogP contribution in [0.15, 0.2) is 29.3 Å². The molecule has 1 aromatic carbocycles. The van der Waals surface area contributed by atoms with E-state index in [1.165, 1.54) is 5.56 Å². The van der Waals surface area contributed by atoms with Crippen molar-refractivity contribution < 1.29 is 9.53 Å². The maximum atomic E-state index is 11.9. The van der Waals surface area contributed by atoms with E-state index in [2.05, 4.69) is 53.8 Å². The van der Waals surface area contributed by atoms with E-state index in [0.29, 0.717) is 12.6 Å². The van der Waals surface area contributed by atoms with Crippen molar-refractivity contribution in [2.75, 3.05) is 45.9 Å². The van der Waals surface area contributed by atoms with Crippen molar-refractivity contribution in [1.82, 2.24) is 20.9 Å². The summed E-state index contributed by atoms with van der Waals surface area (Å²) in [4.78, 5) is 18.9. The summed E-state index contributed by atoms with van der Waals surface area (Å²) >= 11 is 0. The maximum Gasteiger partial charge on any atom is 0.234 e. The molecule has 182 valence electrons. The number of hydrogen-bond donors (Lipinski definition) is 3. The molecule has 32 heavy (non-hydrogen) atoms. The molecule has 0 unspecified atom stereocenters. The molecule has 2 rings (SSSR count). The topological polar surface area (TPSA) is 78.0 Å². The molecule has 1 amide bonds. The first-order chi connectivity index (χ1) is 15.1. The first kappa shape index (κ1) is 28.5. The first-order valence-corrected chi connectivity index (χ1v) is 11.9. The molecule has 0 atom stereocenters. The standard InChI is InChI=1S/C24H41N5O2.HI/c1-4-13-26-23(30)19-29-15-11-21(12-16-29)28-24(25-6-3)27-14-10-20-8-7-9-22(18-20)31-17-5-2;/h7-9,18,21H,4-6,10-17,19H2,1-3H3,(H,26,30)(H2,25,27,28);1H. The average molecular weight is 560 g/mol. The molecule has 0 aliphatic carbocycles. The third-order valence-electron chi connectivity index (χ3n) is 5.25. The summed E-state index contributed by atoms with van der Waals surface area (Å²) in [6.45, 7) is 11.7. The largest absolute Gasteiger partial charge is 0.494 e. The number of halogens is 1. The molecule has 1 aliphatic heterocycles. The normalized spacial score (nSPS) is 15.0. The maximum absolute atomic E-state index is 11.9. The average Bonchev–Trinajstić information content (AvgIpc) is 2.78. The Balaban J connectivity index is 0.00000512. The van der Waals surface area contributed by atoms with Gasteiger partial charge in [-0.05, 0) is 56.7 Å². The Kier molecular flexibility index (Phi) is 15.1. The van der Waals surface area contributed by atoms with Gasteiger partial charge in [-0.25, -0.2) is 0 Å². The minimum Gasteiger partial charge on any atom is -0.494 e. The summed E-state index contributed by atoms with van der Waals surface area (Å²) in [5.74, 6) is 1.94. The molecule has 1 saturated heterocycles. The highest BCUT2D eigenvalue weighted by atomic mass is 127. The molecule has 7 nitrogen and oxygen atoms in total. The Morgan fingerprint density at radius 3 is 2.62 bits per heavy atom. The number of piperidine rings is 1. The Morgan fingerprint density at radius 1 is 1.16 bits per heavy atom. The van der Waals surface area contributed by atoms with Gasteiger partial charge in [0.2, 0.25) is 5.91 Å². The van der Waals surface area contributed by atoms with E-state index in [1.54, 1.807) is 0 Å². The van der Waals surface area contributed by atoms with Gasteiger partial charge in [-0.3, -0.25) is 14.7 Å². The number of carbonyl (C=O) groups is 1. The van der Waals surface area contributed by atoms with Crippen LogP contribution in [0.4, 0.5) is 0 Å². The van der Waals surface area contributed by atoms with Crippen LogP contribution in [0.5, 0.6) is 5.75 Å². The SMILES string of the molecule is CCCNC(=O)CN1CCC(NC(=NCCc2cccc(OCCC)c2)NCC)CC1.I. The van der Waals surface area contributed by atoms with Gasteiger partial charge in [0.05, 0.1) is 13.2 Å². The van der Waals surface area contributed by atoms with E-state index in [-0.39, 0.29) is 29.9 Å². The Morgan fingerprint density at radius 2 is 1.94 bits per heavy atom. The highest BCUT2D eigenvalue weighted by Crippen LogP contribution is 2.14. The van der Waals surface area contributed by atoms with Crippen LogP contribution in [0.25, 0.3) is 0 Å². The zero-order valence-electron chi connectivity index (χ0n) is 20.0. The molecule has 0 bridgehead atoms. The molecular formula is C24H42IN5O2. The lowest BCUT2D eigenvalue weighted by Crippen LogP contribution is -2.50. The molecule has 0 saturated carbocycles. The second-order valence-electron chi connectivity index (χ2n) is 8.05. The molecular weight excluding hydrogens is 517 g/mol. The molecule has 1 aliphatic rings. The fraction of sp³-hybridized carbons (Fsp3) is 0.667. The number of guanidine groups is 1. The van der Waals surface area contributed by atoms with Crippen molar-refractivity contribution in [3.63, 3.8) is 0 Å². The highest BCUT2D eigenvalue weighted by molar-refractivity contribution is 14.0. The van der Waals surface area contributed by atoms with Crippen LogP contribution in [0, 0.1) is 0 Å². The summed E-state index contributed by atoms with van der Waals surface area (Å²) in [6, 6.07) is 8.68. The van der Waals surface area contributed by atoms with Crippen LogP contribution in [0.1, 0.15) is 52.0 Å². The number of amides is 1. The van der Waals surface area contributed by atoms with Gasteiger partial charge in [0.25, 0.3) is 0 Å². The Hall–Kier alpha value is -1.55.